The van der Waals surface area contributed by atoms with Gasteiger partial charge in [0.1, 0.15) is 21.5 Å². The van der Waals surface area contributed by atoms with E-state index >= 15 is 0 Å². The third kappa shape index (κ3) is 2.83. The fourth-order valence-electron chi connectivity index (χ4n) is 4.28. The number of pyridine rings is 1. The van der Waals surface area contributed by atoms with Gasteiger partial charge < -0.3 is 4.90 Å². The first kappa shape index (κ1) is 18.6. The van der Waals surface area contributed by atoms with E-state index in [2.05, 4.69) is 10.1 Å². The number of aromatic nitrogens is 3. The highest BCUT2D eigenvalue weighted by atomic mass is 19.1. The average Bonchev–Trinajstić information content (AvgIpc) is 3.18. The predicted octanol–water partition coefficient (Wildman–Crippen LogP) is 1.81. The van der Waals surface area contributed by atoms with Crippen LogP contribution in [-0.4, -0.2) is 41.3 Å². The second-order valence-corrected chi connectivity index (χ2v) is 8.24. The molecular formula is C22H19B2FN4O. The summed E-state index contributed by atoms with van der Waals surface area (Å²) in [4.78, 5) is 19.2. The van der Waals surface area contributed by atoms with Crippen LogP contribution in [0.25, 0.3) is 22.0 Å². The van der Waals surface area contributed by atoms with Crippen LogP contribution in [0.5, 0.6) is 0 Å². The molecule has 0 fully saturated rings. The van der Waals surface area contributed by atoms with Gasteiger partial charge in [-0.25, -0.2) is 4.39 Å². The molecule has 0 unspecified atom stereocenters. The maximum atomic E-state index is 14.1. The smallest absolute Gasteiger partial charge is 0.255 e. The van der Waals surface area contributed by atoms with Gasteiger partial charge in [0, 0.05) is 42.8 Å². The van der Waals surface area contributed by atoms with Crippen LogP contribution < -0.4 is 0 Å². The summed E-state index contributed by atoms with van der Waals surface area (Å²) >= 11 is 0. The first-order chi connectivity index (χ1) is 14.3. The molecule has 0 radical (unpaired) electrons. The van der Waals surface area contributed by atoms with Gasteiger partial charge in [-0.3, -0.25) is 14.5 Å². The average molecular weight is 396 g/mol. The molecule has 0 saturated carbocycles. The number of halogens is 1. The number of hydrogen-bond acceptors (Lipinski definition) is 3. The lowest BCUT2D eigenvalue weighted by Crippen LogP contribution is -2.44. The number of fused-ring (bicyclic) bond motifs is 2. The second kappa shape index (κ2) is 6.55. The van der Waals surface area contributed by atoms with Crippen molar-refractivity contribution in [3.05, 3.63) is 83.6 Å². The molecule has 1 aliphatic heterocycles. The summed E-state index contributed by atoms with van der Waals surface area (Å²) in [6.07, 6.45) is 3.62. The molecule has 5 rings (SSSR count). The highest BCUT2D eigenvalue weighted by Crippen LogP contribution is 2.35. The maximum absolute atomic E-state index is 14.1. The zero-order valence-electron chi connectivity index (χ0n) is 17.1. The van der Waals surface area contributed by atoms with Crippen molar-refractivity contribution in [3.8, 4) is 11.1 Å². The molecule has 4 aromatic rings. The van der Waals surface area contributed by atoms with E-state index in [1.54, 1.807) is 16.9 Å². The number of rotatable bonds is 3. The Morgan fingerprint density at radius 3 is 2.60 bits per heavy atom. The summed E-state index contributed by atoms with van der Waals surface area (Å²) in [7, 11) is 5.86. The third-order valence-electron chi connectivity index (χ3n) is 5.85. The number of aryl methyl sites for hydroxylation is 1. The zero-order valence-corrected chi connectivity index (χ0v) is 17.1. The van der Waals surface area contributed by atoms with Crippen molar-refractivity contribution < 1.29 is 9.18 Å². The topological polar surface area (TPSA) is 51.0 Å². The number of nitrogens with zero attached hydrogens (tertiary/aromatic N) is 4. The molecule has 5 nitrogen and oxygen atoms in total. The number of benzene rings is 2. The van der Waals surface area contributed by atoms with E-state index in [9.17, 15) is 9.18 Å². The SMILES string of the molecule is BC1(B)c2ncccc2C(=O)N1Cc1ccc(-c2cc(F)cc3nn(C)cc23)cc1. The van der Waals surface area contributed by atoms with E-state index in [-0.39, 0.29) is 11.7 Å². The molecule has 0 bridgehead atoms. The molecule has 0 N–H and O–H groups in total. The maximum Gasteiger partial charge on any atom is 0.255 e. The molecule has 0 spiro atoms. The third-order valence-corrected chi connectivity index (χ3v) is 5.85. The normalized spacial score (nSPS) is 15.0. The van der Waals surface area contributed by atoms with Gasteiger partial charge in [-0.1, -0.05) is 24.3 Å². The summed E-state index contributed by atoms with van der Waals surface area (Å²) in [5.74, 6) is -0.315. The Morgan fingerprint density at radius 1 is 1.10 bits per heavy atom. The van der Waals surface area contributed by atoms with E-state index in [0.29, 0.717) is 17.6 Å². The molecule has 2 aromatic carbocycles. The van der Waals surface area contributed by atoms with Crippen molar-refractivity contribution >= 4 is 32.5 Å². The van der Waals surface area contributed by atoms with Crippen molar-refractivity contribution in [1.82, 2.24) is 19.7 Å². The largest absolute Gasteiger partial charge is 0.339 e. The molecule has 2 aromatic heterocycles. The van der Waals surface area contributed by atoms with Crippen LogP contribution in [0, 0.1) is 5.82 Å². The van der Waals surface area contributed by atoms with Crippen LogP contribution >= 0.6 is 0 Å². The fraction of sp³-hybridized carbons (Fsp3) is 0.136. The van der Waals surface area contributed by atoms with E-state index in [1.807, 2.05) is 64.2 Å². The van der Waals surface area contributed by atoms with Gasteiger partial charge in [0.25, 0.3) is 5.91 Å². The Hall–Kier alpha value is -3.41. The fourth-order valence-corrected chi connectivity index (χ4v) is 4.28. The van der Waals surface area contributed by atoms with Crippen molar-refractivity contribution in [1.29, 1.82) is 0 Å². The van der Waals surface area contributed by atoms with E-state index in [1.165, 1.54) is 12.1 Å². The summed E-state index contributed by atoms with van der Waals surface area (Å²) in [5, 5.41) is 4.75. The van der Waals surface area contributed by atoms with Crippen molar-refractivity contribution in [3.63, 3.8) is 0 Å². The molecule has 0 saturated heterocycles. The molecular weight excluding hydrogens is 377 g/mol. The van der Waals surface area contributed by atoms with Gasteiger partial charge in [-0.2, -0.15) is 5.10 Å². The van der Waals surface area contributed by atoms with Crippen molar-refractivity contribution in [2.75, 3.05) is 0 Å². The predicted molar refractivity (Wildman–Crippen MR) is 119 cm³/mol. The molecule has 8 heteroatoms. The Kier molecular flexibility index (Phi) is 4.07. The van der Waals surface area contributed by atoms with E-state index in [0.717, 1.165) is 27.8 Å². The number of carbonyl (C=O) groups excluding carboxylic acids is 1. The van der Waals surface area contributed by atoms with Gasteiger partial charge >= 0.3 is 0 Å². The lowest BCUT2D eigenvalue weighted by Gasteiger charge is -2.32. The Morgan fingerprint density at radius 2 is 1.87 bits per heavy atom. The van der Waals surface area contributed by atoms with Crippen LogP contribution in [0.2, 0.25) is 0 Å². The van der Waals surface area contributed by atoms with Gasteiger partial charge in [-0.15, -0.1) is 0 Å². The van der Waals surface area contributed by atoms with Gasteiger partial charge in [0.05, 0.1) is 16.8 Å². The Bertz CT molecular complexity index is 1300. The summed E-state index contributed by atoms with van der Waals surface area (Å²) < 4.78 is 15.8. The molecule has 3 heterocycles. The minimum absolute atomic E-state index is 0.00521. The van der Waals surface area contributed by atoms with Gasteiger partial charge in [0.2, 0.25) is 0 Å². The highest BCUT2D eigenvalue weighted by molar-refractivity contribution is 6.42. The zero-order chi connectivity index (χ0) is 21.0. The molecule has 1 aliphatic rings. The van der Waals surface area contributed by atoms with E-state index in [4.69, 9.17) is 0 Å². The molecule has 1 amide bonds. The molecule has 146 valence electrons. The Labute approximate surface area is 175 Å². The van der Waals surface area contributed by atoms with Crippen molar-refractivity contribution in [2.24, 2.45) is 7.05 Å². The lowest BCUT2D eigenvalue weighted by molar-refractivity contribution is 0.0731. The Balaban J connectivity index is 1.47. The van der Waals surface area contributed by atoms with Crippen LogP contribution in [-0.2, 0) is 18.9 Å². The summed E-state index contributed by atoms with van der Waals surface area (Å²) in [5.41, 5.74) is 4.83. The quantitative estimate of drug-likeness (QED) is 0.497. The minimum Gasteiger partial charge on any atom is -0.339 e. The first-order valence-electron chi connectivity index (χ1n) is 9.84. The molecule has 0 atom stereocenters. The van der Waals surface area contributed by atoms with Crippen LogP contribution in [0.3, 0.4) is 0 Å². The number of carbonyl (C=O) groups is 1. The monoisotopic (exact) mass is 396 g/mol. The van der Waals surface area contributed by atoms with Gasteiger partial charge in [-0.05, 0) is 34.9 Å². The van der Waals surface area contributed by atoms with Gasteiger partial charge in [0.15, 0.2) is 0 Å². The minimum atomic E-state index is -0.475. The second-order valence-electron chi connectivity index (χ2n) is 8.24. The van der Waals surface area contributed by atoms with Crippen LogP contribution in [0.1, 0.15) is 21.6 Å². The highest BCUT2D eigenvalue weighted by Gasteiger charge is 2.43. The number of amides is 1. The first-order valence-corrected chi connectivity index (χ1v) is 9.84. The standard InChI is InChI=1S/C22H19B2FN4O/c1-28-12-18-17(9-15(25)10-19(18)27-28)14-6-4-13(5-7-14)11-29-21(30)16-3-2-8-26-20(16)22(29,23)24/h2-10,12H,11,23-24H2,1H3. The van der Waals surface area contributed by atoms with Crippen molar-refractivity contribution in [2.45, 2.75) is 11.9 Å². The van der Waals surface area contributed by atoms with E-state index < -0.39 is 5.34 Å². The van der Waals surface area contributed by atoms with Crippen LogP contribution in [0.4, 0.5) is 4.39 Å². The molecule has 30 heavy (non-hydrogen) atoms. The number of hydrogen-bond donors (Lipinski definition) is 0. The summed E-state index contributed by atoms with van der Waals surface area (Å²) in [6.45, 7) is 0.480. The molecule has 0 aliphatic carbocycles. The summed E-state index contributed by atoms with van der Waals surface area (Å²) in [6, 6.07) is 14.5. The lowest BCUT2D eigenvalue weighted by atomic mass is 9.59. The van der Waals surface area contributed by atoms with Crippen LogP contribution in [0.15, 0.2) is 60.9 Å².